The normalized spacial score (nSPS) is 18.0. The number of sulfonamides is 1. The van der Waals surface area contributed by atoms with Crippen molar-refractivity contribution < 1.29 is 33.5 Å². The van der Waals surface area contributed by atoms with Crippen LogP contribution in [0.4, 0.5) is 5.69 Å². The molecule has 11 nitrogen and oxygen atoms in total. The van der Waals surface area contributed by atoms with Gasteiger partial charge in [-0.15, -0.1) is 0 Å². The van der Waals surface area contributed by atoms with Gasteiger partial charge in [0.15, 0.2) is 0 Å². The van der Waals surface area contributed by atoms with Crippen molar-refractivity contribution in [3.8, 4) is 0 Å². The van der Waals surface area contributed by atoms with E-state index in [2.05, 4.69) is 4.72 Å². The van der Waals surface area contributed by atoms with Gasteiger partial charge in [0.25, 0.3) is 5.69 Å². The summed E-state index contributed by atoms with van der Waals surface area (Å²) in [7, 11) is -4.08. The van der Waals surface area contributed by atoms with Gasteiger partial charge in [-0.3, -0.25) is 14.9 Å². The Morgan fingerprint density at radius 1 is 1.35 bits per heavy atom. The van der Waals surface area contributed by atoms with E-state index >= 15 is 0 Å². The molecule has 0 spiro atoms. The highest BCUT2D eigenvalue weighted by Gasteiger charge is 2.37. The summed E-state index contributed by atoms with van der Waals surface area (Å²) in [5, 5.41) is 19.7. The Morgan fingerprint density at radius 3 is 2.42 bits per heavy atom. The Morgan fingerprint density at radius 2 is 1.92 bits per heavy atom. The summed E-state index contributed by atoms with van der Waals surface area (Å²) >= 11 is 0. The van der Waals surface area contributed by atoms with E-state index in [-0.39, 0.29) is 22.6 Å². The van der Waals surface area contributed by atoms with Gasteiger partial charge in [0.05, 0.1) is 15.9 Å². The summed E-state index contributed by atoms with van der Waals surface area (Å²) in [6.07, 6.45) is 0.855. The molecule has 0 unspecified atom stereocenters. The highest BCUT2D eigenvalue weighted by molar-refractivity contribution is 7.89. The smallest absolute Gasteiger partial charge is 0.326 e. The molecule has 1 heterocycles. The van der Waals surface area contributed by atoms with Crippen molar-refractivity contribution in [1.29, 1.82) is 0 Å². The van der Waals surface area contributed by atoms with Crippen LogP contribution in [0.25, 0.3) is 0 Å². The lowest BCUT2D eigenvalue weighted by atomic mass is 10.2. The molecule has 1 fully saturated rings. The largest absolute Gasteiger partial charge is 0.480 e. The van der Waals surface area contributed by atoms with Crippen molar-refractivity contribution in [2.45, 2.75) is 36.7 Å². The third-order valence-corrected chi connectivity index (χ3v) is 5.44. The first-order valence-corrected chi connectivity index (χ1v) is 8.92. The van der Waals surface area contributed by atoms with E-state index in [1.54, 1.807) is 0 Å². The number of aliphatic carboxylic acids is 1. The molecule has 1 amide bonds. The third-order valence-electron chi connectivity index (χ3n) is 3.88. The van der Waals surface area contributed by atoms with E-state index in [0.29, 0.717) is 12.8 Å². The second-order valence-electron chi connectivity index (χ2n) is 5.62. The monoisotopic (exact) mass is 389 g/mol. The third kappa shape index (κ3) is 4.53. The molecule has 2 atom stereocenters. The Balaban J connectivity index is 0.00000338. The molecule has 26 heavy (non-hydrogen) atoms. The predicted molar refractivity (Wildman–Crippen MR) is 88.9 cm³/mol. The topological polar surface area (TPSA) is 178 Å². The number of nitro benzene ring substituents is 1. The van der Waals surface area contributed by atoms with E-state index in [1.165, 1.54) is 6.92 Å². The highest BCUT2D eigenvalue weighted by Crippen LogP contribution is 2.20. The van der Waals surface area contributed by atoms with Crippen LogP contribution in [0.1, 0.15) is 19.8 Å². The molecule has 1 aromatic carbocycles. The molecular weight excluding hydrogens is 370 g/mol. The predicted octanol–water partition coefficient (Wildman–Crippen LogP) is -0.487. The van der Waals surface area contributed by atoms with Crippen molar-refractivity contribution in [1.82, 2.24) is 9.62 Å². The zero-order valence-corrected chi connectivity index (χ0v) is 14.6. The number of nitro groups is 1. The fourth-order valence-corrected chi connectivity index (χ4v) is 3.83. The van der Waals surface area contributed by atoms with E-state index in [1.807, 2.05) is 0 Å². The van der Waals surface area contributed by atoms with Gasteiger partial charge in [-0.05, 0) is 31.9 Å². The minimum absolute atomic E-state index is 0. The van der Waals surface area contributed by atoms with Gasteiger partial charge in [0, 0.05) is 18.7 Å². The second-order valence-corrected chi connectivity index (χ2v) is 7.34. The summed E-state index contributed by atoms with van der Waals surface area (Å²) < 4.78 is 26.8. The number of carboxylic acid groups (broad SMARTS) is 1. The molecule has 0 radical (unpaired) electrons. The number of benzene rings is 1. The number of hydrogen-bond donors (Lipinski definition) is 2. The quantitative estimate of drug-likeness (QED) is 0.486. The van der Waals surface area contributed by atoms with Gasteiger partial charge in [-0.2, -0.15) is 4.72 Å². The first-order chi connectivity index (χ1) is 11.6. The van der Waals surface area contributed by atoms with Crippen LogP contribution in [0, 0.1) is 10.1 Å². The van der Waals surface area contributed by atoms with Crippen LogP contribution in [0.3, 0.4) is 0 Å². The van der Waals surface area contributed by atoms with Crippen LogP contribution < -0.4 is 4.72 Å². The summed E-state index contributed by atoms with van der Waals surface area (Å²) in [5.41, 5.74) is -0.260. The molecule has 12 heteroatoms. The number of carbonyl (C=O) groups is 2. The van der Waals surface area contributed by atoms with Gasteiger partial charge < -0.3 is 15.5 Å². The van der Waals surface area contributed by atoms with E-state index in [4.69, 9.17) is 5.11 Å². The molecule has 4 N–H and O–H groups in total. The van der Waals surface area contributed by atoms with Crippen molar-refractivity contribution in [3.63, 3.8) is 0 Å². The molecular formula is C14H19N3O8S. The first-order valence-electron chi connectivity index (χ1n) is 7.43. The highest BCUT2D eigenvalue weighted by atomic mass is 32.2. The second kappa shape index (κ2) is 8.21. The average Bonchev–Trinajstić information content (AvgIpc) is 3.03. The molecule has 1 saturated heterocycles. The molecule has 1 aliphatic rings. The van der Waals surface area contributed by atoms with E-state index in [9.17, 15) is 28.1 Å². The van der Waals surface area contributed by atoms with Gasteiger partial charge in [0.1, 0.15) is 6.04 Å². The maximum absolute atomic E-state index is 12.4. The Bertz CT molecular complexity index is 793. The number of rotatable bonds is 6. The van der Waals surface area contributed by atoms with Crippen LogP contribution in [0.5, 0.6) is 0 Å². The molecule has 1 aliphatic heterocycles. The van der Waals surface area contributed by atoms with Crippen molar-refractivity contribution in [2.75, 3.05) is 6.54 Å². The van der Waals surface area contributed by atoms with Gasteiger partial charge >= 0.3 is 5.97 Å². The lowest BCUT2D eigenvalue weighted by Crippen LogP contribution is -2.50. The Labute approximate surface area is 149 Å². The molecule has 0 aliphatic carbocycles. The molecule has 0 bridgehead atoms. The maximum Gasteiger partial charge on any atom is 0.326 e. The lowest BCUT2D eigenvalue weighted by molar-refractivity contribution is -0.384. The zero-order valence-electron chi connectivity index (χ0n) is 13.8. The number of hydrogen-bond acceptors (Lipinski definition) is 6. The van der Waals surface area contributed by atoms with Crippen LogP contribution in [0.2, 0.25) is 0 Å². The number of amides is 1. The van der Waals surface area contributed by atoms with E-state index < -0.39 is 38.9 Å². The fraction of sp³-hybridized carbons (Fsp3) is 0.429. The number of nitrogens with zero attached hydrogens (tertiary/aromatic N) is 2. The number of carbonyl (C=O) groups excluding carboxylic acids is 1. The van der Waals surface area contributed by atoms with Crippen LogP contribution >= 0.6 is 0 Å². The van der Waals surface area contributed by atoms with Crippen molar-refractivity contribution in [2.24, 2.45) is 0 Å². The van der Waals surface area contributed by atoms with Crippen molar-refractivity contribution in [3.05, 3.63) is 34.4 Å². The Hall–Kier alpha value is -2.57. The van der Waals surface area contributed by atoms with Gasteiger partial charge in [-0.1, -0.05) is 0 Å². The minimum atomic E-state index is -4.08. The summed E-state index contributed by atoms with van der Waals surface area (Å²) in [5.74, 6) is -1.76. The van der Waals surface area contributed by atoms with Crippen molar-refractivity contribution >= 4 is 27.6 Å². The summed E-state index contributed by atoms with van der Waals surface area (Å²) in [4.78, 5) is 34.4. The van der Waals surface area contributed by atoms with Gasteiger partial charge in [0.2, 0.25) is 15.9 Å². The number of likely N-dealkylation sites (tertiary alicyclic amines) is 1. The van der Waals surface area contributed by atoms with Gasteiger partial charge in [-0.25, -0.2) is 13.2 Å². The average molecular weight is 389 g/mol. The zero-order chi connectivity index (χ0) is 18.8. The molecule has 0 aromatic heterocycles. The lowest BCUT2D eigenvalue weighted by Gasteiger charge is -2.25. The SMILES string of the molecule is C[C@H](NS(=O)(=O)c1ccc([N+](=O)[O-])cc1)C(=O)N1CCC[C@H]1C(=O)O.O. The standard InChI is InChI=1S/C14H17N3O7S.H2O/c1-9(13(18)16-8-2-3-12(16)14(19)20)15-25(23,24)11-6-4-10(5-7-11)17(21)22;/h4-7,9,12,15H,2-3,8H2,1H3,(H,19,20);1H2/t9-,12-;/m0./s1. The molecule has 144 valence electrons. The van der Waals surface area contributed by atoms with Crippen LogP contribution in [-0.4, -0.2) is 59.3 Å². The molecule has 2 rings (SSSR count). The molecule has 0 saturated carbocycles. The summed E-state index contributed by atoms with van der Waals surface area (Å²) in [6, 6.07) is 2.09. The van der Waals surface area contributed by atoms with E-state index in [0.717, 1.165) is 29.2 Å². The minimum Gasteiger partial charge on any atom is -0.480 e. The summed E-state index contributed by atoms with van der Waals surface area (Å²) in [6.45, 7) is 1.57. The Kier molecular flexibility index (Phi) is 6.78. The molecule has 1 aromatic rings. The first kappa shape index (κ1) is 21.5. The number of nitrogens with one attached hydrogen (secondary N) is 1. The fourth-order valence-electron chi connectivity index (χ4n) is 2.63. The van der Waals surface area contributed by atoms with Crippen LogP contribution in [0.15, 0.2) is 29.2 Å². The number of non-ortho nitro benzene ring substituents is 1. The maximum atomic E-state index is 12.4. The van der Waals surface area contributed by atoms with Crippen LogP contribution in [-0.2, 0) is 19.6 Å². The number of carboxylic acids is 1.